The SMILES string of the molecule is CCCOc1ccc(C(=O)N/N=C\c2ccc(-c3cccc(Cl)c3)o2)cc1. The van der Waals surface area contributed by atoms with Crippen LogP contribution in [0.3, 0.4) is 0 Å². The Morgan fingerprint density at radius 1 is 1.19 bits per heavy atom. The lowest BCUT2D eigenvalue weighted by Gasteiger charge is -2.05. The molecule has 1 amide bonds. The summed E-state index contributed by atoms with van der Waals surface area (Å²) < 4.78 is 11.2. The van der Waals surface area contributed by atoms with Crippen LogP contribution in [-0.4, -0.2) is 18.7 Å². The normalized spacial score (nSPS) is 10.9. The van der Waals surface area contributed by atoms with Gasteiger partial charge >= 0.3 is 0 Å². The highest BCUT2D eigenvalue weighted by Crippen LogP contribution is 2.24. The molecule has 27 heavy (non-hydrogen) atoms. The predicted octanol–water partition coefficient (Wildman–Crippen LogP) is 5.15. The summed E-state index contributed by atoms with van der Waals surface area (Å²) in [5.41, 5.74) is 3.84. The van der Waals surface area contributed by atoms with E-state index < -0.39 is 0 Å². The fourth-order valence-electron chi connectivity index (χ4n) is 2.36. The Bertz CT molecular complexity index is 933. The summed E-state index contributed by atoms with van der Waals surface area (Å²) in [5, 5.41) is 4.58. The van der Waals surface area contributed by atoms with Gasteiger partial charge in [0.1, 0.15) is 17.3 Å². The maximum absolute atomic E-state index is 12.1. The molecule has 3 rings (SSSR count). The molecular formula is C21H19ClN2O3. The number of hydrogen-bond donors (Lipinski definition) is 1. The van der Waals surface area contributed by atoms with Crippen LogP contribution in [0.4, 0.5) is 0 Å². The van der Waals surface area contributed by atoms with E-state index in [0.717, 1.165) is 17.7 Å². The molecule has 0 unspecified atom stereocenters. The monoisotopic (exact) mass is 382 g/mol. The first-order valence-corrected chi connectivity index (χ1v) is 8.95. The van der Waals surface area contributed by atoms with Crippen molar-refractivity contribution < 1.29 is 13.9 Å². The third-order valence-electron chi connectivity index (χ3n) is 3.68. The van der Waals surface area contributed by atoms with Crippen molar-refractivity contribution in [1.82, 2.24) is 5.43 Å². The third kappa shape index (κ3) is 5.21. The summed E-state index contributed by atoms with van der Waals surface area (Å²) in [6, 6.07) is 17.9. The molecule has 0 radical (unpaired) electrons. The van der Waals surface area contributed by atoms with Crippen LogP contribution >= 0.6 is 11.6 Å². The first-order chi connectivity index (χ1) is 13.2. The fraction of sp³-hybridized carbons (Fsp3) is 0.143. The van der Waals surface area contributed by atoms with Crippen LogP contribution in [0.15, 0.2) is 70.2 Å². The molecule has 0 fully saturated rings. The molecule has 1 aromatic heterocycles. The second kappa shape index (κ2) is 9.05. The summed E-state index contributed by atoms with van der Waals surface area (Å²) in [6.07, 6.45) is 2.38. The lowest BCUT2D eigenvalue weighted by atomic mass is 10.2. The van der Waals surface area contributed by atoms with Gasteiger partial charge in [0.25, 0.3) is 5.91 Å². The molecule has 5 nitrogen and oxygen atoms in total. The minimum Gasteiger partial charge on any atom is -0.494 e. The number of furan rings is 1. The van der Waals surface area contributed by atoms with E-state index in [-0.39, 0.29) is 5.91 Å². The van der Waals surface area contributed by atoms with Crippen molar-refractivity contribution in [3.05, 3.63) is 77.0 Å². The zero-order valence-corrected chi connectivity index (χ0v) is 15.6. The van der Waals surface area contributed by atoms with Crippen LogP contribution in [0.2, 0.25) is 5.02 Å². The van der Waals surface area contributed by atoms with Gasteiger partial charge in [0.2, 0.25) is 0 Å². The van der Waals surface area contributed by atoms with E-state index in [9.17, 15) is 4.79 Å². The summed E-state index contributed by atoms with van der Waals surface area (Å²) >= 11 is 5.99. The summed E-state index contributed by atoms with van der Waals surface area (Å²) in [6.45, 7) is 2.69. The second-order valence-electron chi connectivity index (χ2n) is 5.78. The van der Waals surface area contributed by atoms with Gasteiger partial charge in [0.05, 0.1) is 12.8 Å². The highest BCUT2D eigenvalue weighted by molar-refractivity contribution is 6.30. The average Bonchev–Trinajstić information content (AvgIpc) is 3.15. The van der Waals surface area contributed by atoms with Crippen molar-refractivity contribution >= 4 is 23.7 Å². The van der Waals surface area contributed by atoms with Gasteiger partial charge in [-0.05, 0) is 55.0 Å². The molecule has 0 aliphatic rings. The first-order valence-electron chi connectivity index (χ1n) is 8.58. The van der Waals surface area contributed by atoms with Crippen LogP contribution in [0.1, 0.15) is 29.5 Å². The van der Waals surface area contributed by atoms with Crippen LogP contribution in [0.25, 0.3) is 11.3 Å². The van der Waals surface area contributed by atoms with Gasteiger partial charge in [0.15, 0.2) is 0 Å². The Kier molecular flexibility index (Phi) is 6.28. The number of nitrogens with zero attached hydrogens (tertiary/aromatic N) is 1. The quantitative estimate of drug-likeness (QED) is 0.454. The van der Waals surface area contributed by atoms with Crippen molar-refractivity contribution in [1.29, 1.82) is 0 Å². The molecule has 0 aliphatic carbocycles. The van der Waals surface area contributed by atoms with E-state index in [0.29, 0.717) is 28.7 Å². The van der Waals surface area contributed by atoms with Crippen molar-refractivity contribution in [2.45, 2.75) is 13.3 Å². The summed E-state index contributed by atoms with van der Waals surface area (Å²) in [4.78, 5) is 12.1. The largest absolute Gasteiger partial charge is 0.494 e. The molecule has 138 valence electrons. The van der Waals surface area contributed by atoms with Gasteiger partial charge in [-0.15, -0.1) is 0 Å². The topological polar surface area (TPSA) is 63.8 Å². The summed E-state index contributed by atoms with van der Waals surface area (Å²) in [5.74, 6) is 1.62. The minimum atomic E-state index is -0.310. The van der Waals surface area contributed by atoms with Gasteiger partial charge in [-0.2, -0.15) is 5.10 Å². The third-order valence-corrected chi connectivity index (χ3v) is 3.92. The van der Waals surface area contributed by atoms with Crippen molar-refractivity contribution in [2.75, 3.05) is 6.61 Å². The number of carbonyl (C=O) groups excluding carboxylic acids is 1. The minimum absolute atomic E-state index is 0.310. The van der Waals surface area contributed by atoms with Gasteiger partial charge < -0.3 is 9.15 Å². The number of hydrogen-bond acceptors (Lipinski definition) is 4. The maximum Gasteiger partial charge on any atom is 0.271 e. The van der Waals surface area contributed by atoms with Gasteiger partial charge in [-0.3, -0.25) is 4.79 Å². The van der Waals surface area contributed by atoms with E-state index in [4.69, 9.17) is 20.8 Å². The number of ether oxygens (including phenoxy) is 1. The highest BCUT2D eigenvalue weighted by atomic mass is 35.5. The molecule has 0 saturated carbocycles. The van der Waals surface area contributed by atoms with Crippen LogP contribution < -0.4 is 10.2 Å². The molecule has 0 spiro atoms. The van der Waals surface area contributed by atoms with E-state index in [1.54, 1.807) is 36.4 Å². The Labute approximate surface area is 162 Å². The number of hydrazone groups is 1. The van der Waals surface area contributed by atoms with Crippen LogP contribution in [0.5, 0.6) is 5.75 Å². The molecule has 2 aromatic carbocycles. The maximum atomic E-state index is 12.1. The lowest BCUT2D eigenvalue weighted by Crippen LogP contribution is -2.17. The first kappa shape index (κ1) is 18.7. The average molecular weight is 383 g/mol. The Morgan fingerprint density at radius 2 is 2.00 bits per heavy atom. The zero-order valence-electron chi connectivity index (χ0n) is 14.8. The number of nitrogens with one attached hydrogen (secondary N) is 1. The Morgan fingerprint density at radius 3 is 2.74 bits per heavy atom. The number of benzene rings is 2. The van der Waals surface area contributed by atoms with Crippen LogP contribution in [-0.2, 0) is 0 Å². The van der Waals surface area contributed by atoms with Gasteiger partial charge in [-0.1, -0.05) is 30.7 Å². The van der Waals surface area contributed by atoms with Crippen molar-refractivity contribution in [3.8, 4) is 17.1 Å². The van der Waals surface area contributed by atoms with E-state index in [1.165, 1.54) is 6.21 Å². The summed E-state index contributed by atoms with van der Waals surface area (Å²) in [7, 11) is 0. The molecule has 1 heterocycles. The predicted molar refractivity (Wildman–Crippen MR) is 106 cm³/mol. The zero-order chi connectivity index (χ0) is 19.1. The smallest absolute Gasteiger partial charge is 0.271 e. The highest BCUT2D eigenvalue weighted by Gasteiger charge is 2.06. The number of rotatable bonds is 7. The number of carbonyl (C=O) groups is 1. The molecule has 1 N–H and O–H groups in total. The Balaban J connectivity index is 1.58. The second-order valence-corrected chi connectivity index (χ2v) is 6.22. The molecule has 0 aliphatic heterocycles. The molecule has 0 saturated heterocycles. The molecule has 3 aromatic rings. The van der Waals surface area contributed by atoms with E-state index >= 15 is 0 Å². The fourth-order valence-corrected chi connectivity index (χ4v) is 2.55. The molecular weight excluding hydrogens is 364 g/mol. The van der Waals surface area contributed by atoms with Crippen LogP contribution in [0, 0.1) is 0 Å². The van der Waals surface area contributed by atoms with Gasteiger partial charge in [-0.25, -0.2) is 5.43 Å². The lowest BCUT2D eigenvalue weighted by molar-refractivity contribution is 0.0955. The number of halogens is 1. The molecule has 0 atom stereocenters. The van der Waals surface area contributed by atoms with Gasteiger partial charge in [0, 0.05) is 16.1 Å². The standard InChI is InChI=1S/C21H19ClN2O3/c1-2-12-26-18-8-6-15(7-9-18)21(25)24-23-14-19-10-11-20(27-19)16-4-3-5-17(22)13-16/h3-11,13-14H,2,12H2,1H3,(H,24,25)/b23-14-. The Hall–Kier alpha value is -3.05. The van der Waals surface area contributed by atoms with Crippen molar-refractivity contribution in [3.63, 3.8) is 0 Å². The van der Waals surface area contributed by atoms with Crippen molar-refractivity contribution in [2.24, 2.45) is 5.10 Å². The van der Waals surface area contributed by atoms with E-state index in [2.05, 4.69) is 10.5 Å². The van der Waals surface area contributed by atoms with E-state index in [1.807, 2.05) is 31.2 Å². The number of amides is 1. The molecule has 6 heteroatoms. The molecule has 0 bridgehead atoms.